The Balaban J connectivity index is 1.41. The number of piperidine rings is 1. The third-order valence-corrected chi connectivity index (χ3v) is 9.92. The van der Waals surface area contributed by atoms with E-state index in [-0.39, 0.29) is 12.1 Å². The number of rotatable bonds is 5. The van der Waals surface area contributed by atoms with Gasteiger partial charge in [0.2, 0.25) is 0 Å². The van der Waals surface area contributed by atoms with Crippen molar-refractivity contribution in [2.75, 3.05) is 22.9 Å². The zero-order chi connectivity index (χ0) is 28.0. The molecule has 1 aliphatic carbocycles. The lowest BCUT2D eigenvalue weighted by Gasteiger charge is -2.37. The van der Waals surface area contributed by atoms with Crippen LogP contribution in [-0.4, -0.2) is 27.8 Å². The third kappa shape index (κ3) is 5.14. The first kappa shape index (κ1) is 27.6. The Bertz CT molecular complexity index is 1350. The van der Waals surface area contributed by atoms with E-state index in [1.54, 1.807) is 0 Å². The molecule has 3 fully saturated rings. The zero-order valence-electron chi connectivity index (χ0n) is 24.2. The number of pyridine rings is 1. The predicted molar refractivity (Wildman–Crippen MR) is 171 cm³/mol. The summed E-state index contributed by atoms with van der Waals surface area (Å²) in [6, 6.07) is 15.5. The Labute approximate surface area is 249 Å². The van der Waals surface area contributed by atoms with Gasteiger partial charge in [-0.25, -0.2) is 0 Å². The maximum atomic E-state index is 7.05. The molecule has 7 heteroatoms. The topological polar surface area (TPSA) is 36.3 Å². The van der Waals surface area contributed by atoms with Gasteiger partial charge in [0, 0.05) is 42.4 Å². The fourth-order valence-electron chi connectivity index (χ4n) is 7.71. The van der Waals surface area contributed by atoms with Gasteiger partial charge in [0.25, 0.3) is 0 Å². The third-order valence-electron chi connectivity index (χ3n) is 9.30. The zero-order valence-corrected chi connectivity index (χ0v) is 25.8. The highest BCUT2D eigenvalue weighted by molar-refractivity contribution is 7.80. The van der Waals surface area contributed by atoms with Gasteiger partial charge in [-0.05, 0) is 99.1 Å². The lowest BCUT2D eigenvalue weighted by Crippen LogP contribution is -2.38. The number of anilines is 2. The van der Waals surface area contributed by atoms with Crippen LogP contribution >= 0.6 is 23.8 Å². The number of thiocarbonyl (C=S) groups is 1. The number of hydrogen-bond acceptors (Lipinski definition) is 3. The van der Waals surface area contributed by atoms with Gasteiger partial charge < -0.3 is 19.7 Å². The largest absolute Gasteiger partial charge is 0.370 e. The monoisotopic (exact) mass is 575 g/mol. The van der Waals surface area contributed by atoms with Crippen LogP contribution < -0.4 is 15.1 Å². The number of halogens is 1. The standard InChI is InChI=1S/C33H42ClN5S/c1-21-16-22(2)20-37(19-21)30-14-13-26(18-28(30)34)39-32(31(36-33(39)40)29-12-8-9-15-35-29)27-17-23(3)38(24(27)4)25-10-6-5-7-11-25/h8-9,12-15,17-18,21-22,25,31-32H,5-7,10-11,16,19-20H2,1-4H3,(H,36,40)/t21-,22-,31-,32+/m0/s1. The fourth-order valence-corrected chi connectivity index (χ4v) is 8.35. The van der Waals surface area contributed by atoms with Crippen LogP contribution in [0.3, 0.4) is 0 Å². The Kier molecular flexibility index (Phi) is 7.84. The Morgan fingerprint density at radius 2 is 1.73 bits per heavy atom. The molecule has 0 radical (unpaired) electrons. The summed E-state index contributed by atoms with van der Waals surface area (Å²) in [7, 11) is 0. The molecule has 4 heterocycles. The van der Waals surface area contributed by atoms with Crippen LogP contribution in [0.5, 0.6) is 0 Å². The molecule has 1 aromatic carbocycles. The van der Waals surface area contributed by atoms with Gasteiger partial charge in [-0.3, -0.25) is 4.98 Å². The summed E-state index contributed by atoms with van der Waals surface area (Å²) in [5, 5.41) is 5.15. The van der Waals surface area contributed by atoms with Crippen LogP contribution in [0.4, 0.5) is 11.4 Å². The van der Waals surface area contributed by atoms with Gasteiger partial charge in [-0.1, -0.05) is 50.8 Å². The van der Waals surface area contributed by atoms with Gasteiger partial charge in [-0.15, -0.1) is 0 Å². The second kappa shape index (κ2) is 11.4. The molecule has 3 aromatic rings. The molecule has 2 aliphatic heterocycles. The van der Waals surface area contributed by atoms with E-state index in [0.29, 0.717) is 23.0 Å². The molecule has 6 rings (SSSR count). The highest BCUT2D eigenvalue weighted by Gasteiger charge is 2.42. The minimum atomic E-state index is -0.0590. The van der Waals surface area contributed by atoms with Crippen LogP contribution in [0, 0.1) is 25.7 Å². The number of hydrogen-bond donors (Lipinski definition) is 1. The summed E-state index contributed by atoms with van der Waals surface area (Å²) < 4.78 is 2.60. The minimum Gasteiger partial charge on any atom is -0.370 e. The first-order valence-corrected chi connectivity index (χ1v) is 15.8. The highest BCUT2D eigenvalue weighted by Crippen LogP contribution is 2.46. The smallest absolute Gasteiger partial charge is 0.174 e. The second-order valence-corrected chi connectivity index (χ2v) is 13.3. The van der Waals surface area contributed by atoms with E-state index in [1.165, 1.54) is 55.5 Å². The van der Waals surface area contributed by atoms with E-state index in [1.807, 2.05) is 12.3 Å². The van der Waals surface area contributed by atoms with Gasteiger partial charge in [-0.2, -0.15) is 0 Å². The number of benzene rings is 1. The number of aromatic nitrogens is 2. The average Bonchev–Trinajstić information content (AvgIpc) is 3.43. The molecule has 40 heavy (non-hydrogen) atoms. The molecular formula is C33H42ClN5S. The van der Waals surface area contributed by atoms with E-state index in [2.05, 4.69) is 83.8 Å². The van der Waals surface area contributed by atoms with Crippen molar-refractivity contribution in [3.63, 3.8) is 0 Å². The van der Waals surface area contributed by atoms with Gasteiger partial charge in [0.1, 0.15) is 0 Å². The predicted octanol–water partition coefficient (Wildman–Crippen LogP) is 8.32. The first-order valence-electron chi connectivity index (χ1n) is 15.0. The number of aryl methyl sites for hydroxylation is 1. The Morgan fingerprint density at radius 3 is 2.40 bits per heavy atom. The van der Waals surface area contributed by atoms with Gasteiger partial charge in [0.05, 0.1) is 28.5 Å². The van der Waals surface area contributed by atoms with Crippen molar-refractivity contribution < 1.29 is 0 Å². The van der Waals surface area contributed by atoms with Gasteiger partial charge >= 0.3 is 0 Å². The molecule has 0 bridgehead atoms. The summed E-state index contributed by atoms with van der Waals surface area (Å²) in [4.78, 5) is 9.50. The average molecular weight is 576 g/mol. The molecule has 5 nitrogen and oxygen atoms in total. The molecule has 0 unspecified atom stereocenters. The van der Waals surface area contributed by atoms with Crippen molar-refractivity contribution in [1.82, 2.24) is 14.9 Å². The van der Waals surface area contributed by atoms with Crippen molar-refractivity contribution in [2.24, 2.45) is 11.8 Å². The van der Waals surface area contributed by atoms with Gasteiger partial charge in [0.15, 0.2) is 5.11 Å². The summed E-state index contributed by atoms with van der Waals surface area (Å²) in [5.74, 6) is 1.33. The first-order chi connectivity index (χ1) is 19.3. The van der Waals surface area contributed by atoms with Crippen LogP contribution in [0.1, 0.15) is 93.1 Å². The second-order valence-electron chi connectivity index (χ2n) is 12.5. The molecule has 4 atom stereocenters. The summed E-state index contributed by atoms with van der Waals surface area (Å²) >= 11 is 13.1. The molecule has 2 aromatic heterocycles. The molecule has 0 amide bonds. The van der Waals surface area contributed by atoms with Crippen molar-refractivity contribution in [3.8, 4) is 0 Å². The van der Waals surface area contributed by atoms with E-state index in [4.69, 9.17) is 28.8 Å². The lowest BCUT2D eigenvalue weighted by atomic mass is 9.91. The Morgan fingerprint density at radius 1 is 0.975 bits per heavy atom. The highest BCUT2D eigenvalue weighted by atomic mass is 35.5. The van der Waals surface area contributed by atoms with Crippen molar-refractivity contribution in [3.05, 3.63) is 76.3 Å². The van der Waals surface area contributed by atoms with Crippen molar-refractivity contribution >= 4 is 40.3 Å². The van der Waals surface area contributed by atoms with Crippen molar-refractivity contribution in [2.45, 2.75) is 84.3 Å². The maximum absolute atomic E-state index is 7.05. The van der Waals surface area contributed by atoms with Crippen LogP contribution in [0.25, 0.3) is 0 Å². The molecule has 3 aliphatic rings. The molecule has 0 spiro atoms. The Hall–Kier alpha value is -2.57. The quantitative estimate of drug-likeness (QED) is 0.309. The molecule has 2 saturated heterocycles. The fraction of sp³-hybridized carbons (Fsp3) is 0.515. The van der Waals surface area contributed by atoms with Crippen LogP contribution in [-0.2, 0) is 0 Å². The van der Waals surface area contributed by atoms with E-state index >= 15 is 0 Å². The maximum Gasteiger partial charge on any atom is 0.174 e. The van der Waals surface area contributed by atoms with Crippen LogP contribution in [0.2, 0.25) is 5.02 Å². The molecule has 1 saturated carbocycles. The normalized spacial score (nSPS) is 25.9. The summed E-state index contributed by atoms with van der Waals surface area (Å²) in [5.41, 5.74) is 7.12. The SMILES string of the molecule is Cc1cc([C@@H]2[C@H](c3ccccn3)NC(=S)N2c2ccc(N3C[C@@H](C)C[C@H](C)C3)c(Cl)c2)c(C)n1C1CCCCC1. The molecule has 212 valence electrons. The summed E-state index contributed by atoms with van der Waals surface area (Å²) in [6.07, 6.45) is 9.64. The van der Waals surface area contributed by atoms with Crippen molar-refractivity contribution in [1.29, 1.82) is 0 Å². The molecule has 1 N–H and O–H groups in total. The molecular weight excluding hydrogens is 534 g/mol. The van der Waals surface area contributed by atoms with E-state index in [9.17, 15) is 0 Å². The number of nitrogens with zero attached hydrogens (tertiary/aromatic N) is 4. The lowest BCUT2D eigenvalue weighted by molar-refractivity contribution is 0.345. The number of nitrogens with one attached hydrogen (secondary N) is 1. The van der Waals surface area contributed by atoms with E-state index in [0.717, 1.165) is 35.2 Å². The summed E-state index contributed by atoms with van der Waals surface area (Å²) in [6.45, 7) is 11.3. The van der Waals surface area contributed by atoms with Crippen LogP contribution in [0.15, 0.2) is 48.7 Å². The minimum absolute atomic E-state index is 0.0251. The van der Waals surface area contributed by atoms with E-state index < -0.39 is 0 Å².